The van der Waals surface area contributed by atoms with E-state index in [9.17, 15) is 0 Å². The summed E-state index contributed by atoms with van der Waals surface area (Å²) in [6, 6.07) is 0. The minimum Gasteiger partial charge on any atom is -0.545 e. The zero-order chi connectivity index (χ0) is 2.00. The van der Waals surface area contributed by atoms with Crippen LogP contribution in [0.5, 0.6) is 0 Å². The van der Waals surface area contributed by atoms with Crippen LogP contribution in [0.15, 0.2) is 0 Å². The molecule has 0 aromatic rings. The Morgan fingerprint density at radius 3 is 0.556 bits per heavy atom. The molecule has 0 bridgehead atoms. The fraction of sp³-hybridized carbons (Fsp3) is 0. The molecule has 0 unspecified atom stereocenters. The van der Waals surface area contributed by atoms with E-state index < -0.39 is 0 Å². The van der Waals surface area contributed by atoms with Gasteiger partial charge in [-0.25, -0.2) is 0 Å². The van der Waals surface area contributed by atoms with Crippen molar-refractivity contribution in [2.75, 3.05) is 0 Å². The summed E-state index contributed by atoms with van der Waals surface area (Å²) in [6.07, 6.45) is 0. The molecule has 0 amide bonds. The van der Waals surface area contributed by atoms with E-state index >= 15 is 0 Å². The normalized spacial score (nSPS) is 0.444. The molecule has 48 valence electrons. The molecular formula is C4H10OY4-4. The fourth-order valence-corrected chi connectivity index (χ4v) is 0. The number of hydrogen-bond acceptors (Lipinski definition) is 1. The van der Waals surface area contributed by atoms with Crippen LogP contribution in [0, 0.1) is 22.3 Å². The molecule has 4 radical (unpaired) electrons. The molecule has 0 aliphatic carbocycles. The van der Waals surface area contributed by atoms with E-state index in [0.29, 0.717) is 0 Å². The predicted molar refractivity (Wildman–Crippen MR) is 26.0 cm³/mol. The fourth-order valence-electron chi connectivity index (χ4n) is 0. The first-order valence-corrected chi connectivity index (χ1v) is 0.236. The Hall–Kier alpha value is 4.09. The Morgan fingerprint density at radius 1 is 0.556 bits per heavy atom. The third kappa shape index (κ3) is 73.6. The van der Waals surface area contributed by atoms with Crippen molar-refractivity contribution in [3.8, 4) is 0 Å². The molecule has 1 nitrogen and oxygen atoms in total. The summed E-state index contributed by atoms with van der Waals surface area (Å²) >= 11 is 0. The summed E-state index contributed by atoms with van der Waals surface area (Å²) in [4.78, 5) is 7.75. The van der Waals surface area contributed by atoms with Gasteiger partial charge in [0.2, 0.25) is 0 Å². The van der Waals surface area contributed by atoms with Gasteiger partial charge in [0.05, 0.1) is 0 Å². The van der Waals surface area contributed by atoms with E-state index in [0.717, 1.165) is 0 Å². The van der Waals surface area contributed by atoms with E-state index in [4.69, 9.17) is 4.79 Å². The molecule has 0 aromatic carbocycles. The Balaban J connectivity index is -0.000000000238. The van der Waals surface area contributed by atoms with Crippen LogP contribution in [0.3, 0.4) is 0 Å². The molecule has 0 spiro atoms. The zero-order valence-electron chi connectivity index (χ0n) is 6.29. The maximum absolute atomic E-state index is 7.75. The maximum atomic E-state index is 7.75. The van der Waals surface area contributed by atoms with Crippen LogP contribution in [-0.2, 0) is 136 Å². The Kier molecular flexibility index (Phi) is 731. The first-order chi connectivity index (χ1) is 1.00. The van der Waals surface area contributed by atoms with Crippen molar-refractivity contribution < 1.29 is 136 Å². The minimum atomic E-state index is 0. The molecule has 5 heteroatoms. The molecule has 0 atom stereocenters. The molecule has 0 saturated carbocycles. The van der Waals surface area contributed by atoms with Crippen molar-refractivity contribution in [1.82, 2.24) is 0 Å². The monoisotopic (exact) mass is 430 g/mol. The SMILES string of the molecule is [CH-]=O.[CH3-].[CH3-].[CH3-].[Y].[Y].[Y].[Y]. The van der Waals surface area contributed by atoms with Crippen molar-refractivity contribution >= 4 is 6.79 Å². The van der Waals surface area contributed by atoms with Gasteiger partial charge in [0, 0.05) is 131 Å². The first-order valence-electron chi connectivity index (χ1n) is 0.236. The van der Waals surface area contributed by atoms with Crippen molar-refractivity contribution in [2.24, 2.45) is 0 Å². The summed E-state index contributed by atoms with van der Waals surface area (Å²) in [5.74, 6) is 0. The largest absolute Gasteiger partial charge is 0.545 e. The van der Waals surface area contributed by atoms with Crippen LogP contribution in [0.25, 0.3) is 0 Å². The molecule has 0 aliphatic heterocycles. The van der Waals surface area contributed by atoms with Gasteiger partial charge in [-0.15, -0.1) is 0 Å². The van der Waals surface area contributed by atoms with Crippen molar-refractivity contribution in [1.29, 1.82) is 0 Å². The number of carbonyl (C=O) groups excluding carboxylic acids is 1. The predicted octanol–water partition coefficient (Wildman–Crippen LogP) is 1.07. The van der Waals surface area contributed by atoms with Crippen LogP contribution in [-0.4, -0.2) is 6.79 Å². The topological polar surface area (TPSA) is 17.1 Å². The third-order valence-corrected chi connectivity index (χ3v) is 0. The molecule has 0 saturated heterocycles. The van der Waals surface area contributed by atoms with Crippen molar-refractivity contribution in [3.05, 3.63) is 22.3 Å². The molecule has 0 heterocycles. The molecule has 0 aliphatic rings. The van der Waals surface area contributed by atoms with E-state index in [1.165, 1.54) is 0 Å². The Morgan fingerprint density at radius 2 is 0.556 bits per heavy atom. The quantitative estimate of drug-likeness (QED) is 0.416. The first kappa shape index (κ1) is 73.9. The molecule has 9 heavy (non-hydrogen) atoms. The van der Waals surface area contributed by atoms with Gasteiger partial charge in [-0.3, -0.25) is 6.79 Å². The van der Waals surface area contributed by atoms with E-state index in [1.807, 2.05) is 0 Å². The average Bonchev–Trinajstić information content (AvgIpc) is 1.00. The Bertz CT molecular complexity index is 12.5. The minimum absolute atomic E-state index is 0. The smallest absolute Gasteiger partial charge is 0 e. The second-order valence-electron chi connectivity index (χ2n) is 0. The van der Waals surface area contributed by atoms with E-state index in [-0.39, 0.29) is 153 Å². The van der Waals surface area contributed by atoms with Crippen LogP contribution in [0.4, 0.5) is 0 Å². The molecule has 0 N–H and O–H groups in total. The van der Waals surface area contributed by atoms with Crippen molar-refractivity contribution in [2.45, 2.75) is 0 Å². The standard InChI is InChI=1S/CHO.3CH3.4Y/c1-2;;;;;;;/h1H;3*1H3;;;;/q4*-1;;;;. The molecule has 0 fully saturated rings. The third-order valence-electron chi connectivity index (χ3n) is 0. The maximum Gasteiger partial charge on any atom is 0 e. The Labute approximate surface area is 161 Å². The van der Waals surface area contributed by atoms with Gasteiger partial charge in [-0.05, 0) is 0 Å². The van der Waals surface area contributed by atoms with Gasteiger partial charge in [-0.1, -0.05) is 0 Å². The van der Waals surface area contributed by atoms with Gasteiger partial charge in [0.1, 0.15) is 0 Å². The summed E-state index contributed by atoms with van der Waals surface area (Å²) < 4.78 is 0. The average molecular weight is 430 g/mol. The van der Waals surface area contributed by atoms with E-state index in [1.54, 1.807) is 0 Å². The van der Waals surface area contributed by atoms with Gasteiger partial charge in [0.15, 0.2) is 0 Å². The van der Waals surface area contributed by atoms with Gasteiger partial charge in [-0.2, -0.15) is 0 Å². The molecular weight excluding hydrogens is 420 g/mol. The summed E-state index contributed by atoms with van der Waals surface area (Å²) in [5.41, 5.74) is 0. The van der Waals surface area contributed by atoms with Crippen LogP contribution < -0.4 is 0 Å². The summed E-state index contributed by atoms with van der Waals surface area (Å²) in [7, 11) is 0. The number of rotatable bonds is 0. The molecule has 0 rings (SSSR count). The number of hydrogen-bond donors (Lipinski definition) is 0. The van der Waals surface area contributed by atoms with Gasteiger partial charge >= 0.3 is 0 Å². The van der Waals surface area contributed by atoms with Crippen LogP contribution in [0.1, 0.15) is 0 Å². The van der Waals surface area contributed by atoms with Crippen LogP contribution >= 0.6 is 0 Å². The second kappa shape index (κ2) is 89.0. The summed E-state index contributed by atoms with van der Waals surface area (Å²) in [6.45, 7) is 3.25. The van der Waals surface area contributed by atoms with Crippen LogP contribution in [0.2, 0.25) is 0 Å². The van der Waals surface area contributed by atoms with E-state index in [2.05, 4.69) is 6.79 Å². The molecule has 0 aromatic heterocycles. The van der Waals surface area contributed by atoms with Gasteiger partial charge < -0.3 is 27.1 Å². The van der Waals surface area contributed by atoms with Gasteiger partial charge in [0.25, 0.3) is 0 Å². The van der Waals surface area contributed by atoms with Crippen molar-refractivity contribution in [3.63, 3.8) is 0 Å². The second-order valence-corrected chi connectivity index (χ2v) is 0. The summed E-state index contributed by atoms with van der Waals surface area (Å²) in [5, 5.41) is 0. The zero-order valence-corrected chi connectivity index (χ0v) is 17.6.